The van der Waals surface area contributed by atoms with Crippen LogP contribution in [0.15, 0.2) is 83.5 Å². The molecule has 3 aromatic rings. The molecule has 0 spiro atoms. The Morgan fingerprint density at radius 3 is 2.29 bits per heavy atom. The Morgan fingerprint density at radius 2 is 1.63 bits per heavy atom. The van der Waals surface area contributed by atoms with Crippen molar-refractivity contribution in [3.63, 3.8) is 0 Å². The molecule has 8 heteroatoms. The first-order valence-corrected chi connectivity index (χ1v) is 11.7. The average molecular weight is 480 g/mol. The van der Waals surface area contributed by atoms with E-state index >= 15 is 0 Å². The van der Waals surface area contributed by atoms with Crippen molar-refractivity contribution in [3.8, 4) is 0 Å². The second kappa shape index (κ2) is 10.2. The maximum atomic E-state index is 12.8. The van der Waals surface area contributed by atoms with Gasteiger partial charge in [0.25, 0.3) is 0 Å². The molecule has 0 saturated carbocycles. The Morgan fingerprint density at radius 1 is 0.943 bits per heavy atom. The molecule has 5 rings (SSSR count). The van der Waals surface area contributed by atoms with E-state index in [-0.39, 0.29) is 6.61 Å². The maximum absolute atomic E-state index is 12.8. The summed E-state index contributed by atoms with van der Waals surface area (Å²) in [6, 6.07) is 22.2. The van der Waals surface area contributed by atoms with Crippen molar-refractivity contribution in [1.29, 1.82) is 0 Å². The normalized spacial score (nSPS) is 25.7. The first kappa shape index (κ1) is 23.6. The second-order valence-corrected chi connectivity index (χ2v) is 9.03. The number of hydrogen-bond donors (Lipinski definition) is 1. The van der Waals surface area contributed by atoms with Crippen LogP contribution in [-0.4, -0.2) is 36.5 Å². The first-order chi connectivity index (χ1) is 17.0. The zero-order valence-corrected chi connectivity index (χ0v) is 19.7. The number of rotatable bonds is 8. The van der Waals surface area contributed by atoms with Crippen LogP contribution in [0.3, 0.4) is 0 Å². The van der Waals surface area contributed by atoms with Crippen molar-refractivity contribution in [1.82, 2.24) is 5.32 Å². The van der Waals surface area contributed by atoms with Gasteiger partial charge in [0.05, 0.1) is 12.9 Å². The van der Waals surface area contributed by atoms with Crippen molar-refractivity contribution in [3.05, 3.63) is 95.9 Å². The number of hydrogen-bond acceptors (Lipinski definition) is 7. The molecule has 2 aliphatic rings. The standard InChI is InChI=1S/C27H29NO7/c1-27(2)34-24-23(31-16-18-10-5-3-6-11-18)22(33-25(24)35-27)21(20-14-9-15-30-20)28-26(29)32-17-19-12-7-4-8-13-19/h3-15,21-25H,16-17H2,1-2H3,(H,28,29)/t21-,22-,23+,24-,25-/m1/s1. The van der Waals surface area contributed by atoms with E-state index in [1.807, 2.05) is 74.5 Å². The zero-order valence-electron chi connectivity index (χ0n) is 19.7. The minimum absolute atomic E-state index is 0.142. The van der Waals surface area contributed by atoms with E-state index in [1.54, 1.807) is 18.4 Å². The number of alkyl carbamates (subject to hydrolysis) is 1. The molecule has 0 unspecified atom stereocenters. The summed E-state index contributed by atoms with van der Waals surface area (Å²) in [5, 5.41) is 2.90. The molecule has 3 heterocycles. The van der Waals surface area contributed by atoms with Crippen LogP contribution in [-0.2, 0) is 36.9 Å². The number of benzene rings is 2. The lowest BCUT2D eigenvalue weighted by Gasteiger charge is -2.30. The van der Waals surface area contributed by atoms with E-state index in [0.29, 0.717) is 12.4 Å². The van der Waals surface area contributed by atoms with Gasteiger partial charge in [0, 0.05) is 0 Å². The maximum Gasteiger partial charge on any atom is 0.408 e. The third-order valence-corrected chi connectivity index (χ3v) is 5.98. The first-order valence-electron chi connectivity index (χ1n) is 11.7. The van der Waals surface area contributed by atoms with Gasteiger partial charge < -0.3 is 33.4 Å². The fraction of sp³-hybridized carbons (Fsp3) is 0.370. The van der Waals surface area contributed by atoms with Crippen molar-refractivity contribution >= 4 is 6.09 Å². The summed E-state index contributed by atoms with van der Waals surface area (Å²) in [6.07, 6.45) is -1.34. The summed E-state index contributed by atoms with van der Waals surface area (Å²) in [4.78, 5) is 12.8. The van der Waals surface area contributed by atoms with Gasteiger partial charge in [-0.25, -0.2) is 4.79 Å². The Kier molecular flexibility index (Phi) is 6.88. The van der Waals surface area contributed by atoms with Gasteiger partial charge in [0.15, 0.2) is 12.1 Å². The monoisotopic (exact) mass is 479 g/mol. The van der Waals surface area contributed by atoms with Gasteiger partial charge in [-0.05, 0) is 37.1 Å². The lowest BCUT2D eigenvalue weighted by Crippen LogP contribution is -2.45. The quantitative estimate of drug-likeness (QED) is 0.501. The summed E-state index contributed by atoms with van der Waals surface area (Å²) in [6.45, 7) is 4.16. The molecule has 0 radical (unpaired) electrons. The van der Waals surface area contributed by atoms with Crippen molar-refractivity contribution in [2.24, 2.45) is 0 Å². The lowest BCUT2D eigenvalue weighted by molar-refractivity contribution is -0.223. The zero-order chi connectivity index (χ0) is 24.3. The molecule has 0 bridgehead atoms. The fourth-order valence-corrected chi connectivity index (χ4v) is 4.40. The molecule has 1 aromatic heterocycles. The Labute approximate surface area is 204 Å². The highest BCUT2D eigenvalue weighted by molar-refractivity contribution is 5.68. The average Bonchev–Trinajstić information content (AvgIpc) is 3.57. The van der Waals surface area contributed by atoms with Crippen LogP contribution in [0.5, 0.6) is 0 Å². The van der Waals surface area contributed by atoms with E-state index < -0.39 is 42.5 Å². The number of carbonyl (C=O) groups is 1. The van der Waals surface area contributed by atoms with Gasteiger partial charge in [0.1, 0.15) is 36.7 Å². The van der Waals surface area contributed by atoms with E-state index in [0.717, 1.165) is 11.1 Å². The topological polar surface area (TPSA) is 88.4 Å². The number of fused-ring (bicyclic) bond motifs is 1. The predicted molar refractivity (Wildman–Crippen MR) is 125 cm³/mol. The van der Waals surface area contributed by atoms with Gasteiger partial charge >= 0.3 is 6.09 Å². The van der Waals surface area contributed by atoms with Gasteiger partial charge in [-0.3, -0.25) is 0 Å². The summed E-state index contributed by atoms with van der Waals surface area (Å²) >= 11 is 0. The van der Waals surface area contributed by atoms with E-state index in [4.69, 9.17) is 28.1 Å². The highest BCUT2D eigenvalue weighted by Gasteiger charge is 2.58. The van der Waals surface area contributed by atoms with Crippen LogP contribution < -0.4 is 5.32 Å². The van der Waals surface area contributed by atoms with Gasteiger partial charge in [-0.15, -0.1) is 0 Å². The number of carbonyl (C=O) groups excluding carboxylic acids is 1. The molecule has 1 amide bonds. The van der Waals surface area contributed by atoms with Crippen LogP contribution >= 0.6 is 0 Å². The van der Waals surface area contributed by atoms with Crippen LogP contribution in [0.4, 0.5) is 4.79 Å². The van der Waals surface area contributed by atoms with E-state index in [1.165, 1.54) is 0 Å². The van der Waals surface area contributed by atoms with E-state index in [9.17, 15) is 4.79 Å². The molecular weight excluding hydrogens is 450 g/mol. The molecule has 184 valence electrons. The van der Waals surface area contributed by atoms with Crippen molar-refractivity contribution in [2.75, 3.05) is 0 Å². The summed E-state index contributed by atoms with van der Waals surface area (Å²) in [7, 11) is 0. The molecule has 8 nitrogen and oxygen atoms in total. The summed E-state index contributed by atoms with van der Waals surface area (Å²) < 4.78 is 35.8. The Hall–Kier alpha value is -3.17. The van der Waals surface area contributed by atoms with Crippen LogP contribution in [0.2, 0.25) is 0 Å². The van der Waals surface area contributed by atoms with Gasteiger partial charge in [-0.1, -0.05) is 60.7 Å². The van der Waals surface area contributed by atoms with Gasteiger partial charge in [-0.2, -0.15) is 0 Å². The SMILES string of the molecule is CC1(C)O[C@H]2O[C@H]([C@H](NC(=O)OCc3ccccc3)c3ccco3)[C@H](OCc3ccccc3)[C@H]2O1. The third-order valence-electron chi connectivity index (χ3n) is 5.98. The molecular formula is C27H29NO7. The number of nitrogens with one attached hydrogen (secondary N) is 1. The number of amides is 1. The predicted octanol–water partition coefficient (Wildman–Crippen LogP) is 4.71. The molecule has 2 saturated heterocycles. The molecule has 5 atom stereocenters. The number of ether oxygens (including phenoxy) is 5. The molecule has 0 aliphatic carbocycles. The highest BCUT2D eigenvalue weighted by atomic mass is 16.8. The van der Waals surface area contributed by atoms with Crippen LogP contribution in [0.25, 0.3) is 0 Å². The fourth-order valence-electron chi connectivity index (χ4n) is 4.40. The highest BCUT2D eigenvalue weighted by Crippen LogP contribution is 2.42. The Balaban J connectivity index is 1.34. The molecule has 1 N–H and O–H groups in total. The Bertz CT molecular complexity index is 1090. The number of furan rings is 1. The second-order valence-electron chi connectivity index (χ2n) is 9.03. The summed E-state index contributed by atoms with van der Waals surface area (Å²) in [5.74, 6) is -0.295. The minimum atomic E-state index is -0.809. The smallest absolute Gasteiger partial charge is 0.408 e. The van der Waals surface area contributed by atoms with Crippen molar-refractivity contribution < 1.29 is 32.9 Å². The molecule has 2 fully saturated rings. The lowest BCUT2D eigenvalue weighted by atomic mass is 10.0. The largest absolute Gasteiger partial charge is 0.467 e. The minimum Gasteiger partial charge on any atom is -0.467 e. The van der Waals surface area contributed by atoms with Crippen LogP contribution in [0.1, 0.15) is 36.8 Å². The molecule has 2 aliphatic heterocycles. The summed E-state index contributed by atoms with van der Waals surface area (Å²) in [5.41, 5.74) is 1.90. The third kappa shape index (κ3) is 5.57. The molecule has 35 heavy (non-hydrogen) atoms. The van der Waals surface area contributed by atoms with Gasteiger partial charge in [0.2, 0.25) is 0 Å². The van der Waals surface area contributed by atoms with E-state index in [2.05, 4.69) is 5.32 Å². The molecule has 2 aromatic carbocycles. The van der Waals surface area contributed by atoms with Crippen molar-refractivity contribution in [2.45, 2.75) is 63.5 Å². The van der Waals surface area contributed by atoms with Crippen LogP contribution in [0, 0.1) is 0 Å².